The number of imidazole rings is 1. The van der Waals surface area contributed by atoms with E-state index in [-0.39, 0.29) is 0 Å². The van der Waals surface area contributed by atoms with Crippen LogP contribution in [0, 0.1) is 0 Å². The Hall–Kier alpha value is -0.653. The molecule has 4 nitrogen and oxygen atoms in total. The first kappa shape index (κ1) is 12.4. The maximum atomic E-state index is 9.63. The smallest absolute Gasteiger partial charge is 0.137 e. The van der Waals surface area contributed by atoms with E-state index in [4.69, 9.17) is 4.74 Å². The predicted molar refractivity (Wildman–Crippen MR) is 62.5 cm³/mol. The van der Waals surface area contributed by atoms with Crippen molar-refractivity contribution in [1.29, 1.82) is 0 Å². The summed E-state index contributed by atoms with van der Waals surface area (Å²) >= 11 is 0. The van der Waals surface area contributed by atoms with Gasteiger partial charge >= 0.3 is 0 Å². The number of hydrogen-bond donors (Lipinski definition) is 2. The summed E-state index contributed by atoms with van der Waals surface area (Å²) < 4.78 is 5.42. The van der Waals surface area contributed by atoms with Crippen molar-refractivity contribution < 1.29 is 9.84 Å². The zero-order valence-electron chi connectivity index (χ0n) is 9.66. The number of rotatable bonds is 6. The first-order valence-corrected chi connectivity index (χ1v) is 8.95. The Balaban J connectivity index is 2.16. The van der Waals surface area contributed by atoms with Gasteiger partial charge in [-0.3, -0.25) is 0 Å². The molecule has 0 bridgehead atoms. The molecule has 0 amide bonds. The first-order chi connectivity index (χ1) is 6.99. The van der Waals surface area contributed by atoms with Gasteiger partial charge in [0.25, 0.3) is 0 Å². The standard InChI is InChI=1S/C10H20N2O2Si/c1-15(2,3)7-6-14-8-9(13)10-11-4-5-12-10/h4-5,9,13H,6-8H2,1-3H3,(H,11,12). The molecule has 0 aliphatic carbocycles. The van der Waals surface area contributed by atoms with Crippen LogP contribution >= 0.6 is 0 Å². The summed E-state index contributed by atoms with van der Waals surface area (Å²) in [5.41, 5.74) is 0. The van der Waals surface area contributed by atoms with Gasteiger partial charge in [0, 0.05) is 27.1 Å². The fourth-order valence-electron chi connectivity index (χ4n) is 1.11. The van der Waals surface area contributed by atoms with Gasteiger partial charge < -0.3 is 14.8 Å². The van der Waals surface area contributed by atoms with Crippen molar-refractivity contribution in [2.45, 2.75) is 31.8 Å². The zero-order chi connectivity index (χ0) is 11.3. The van der Waals surface area contributed by atoms with Crippen LogP contribution in [0.5, 0.6) is 0 Å². The number of hydrogen-bond acceptors (Lipinski definition) is 3. The molecule has 5 heteroatoms. The topological polar surface area (TPSA) is 58.1 Å². The van der Waals surface area contributed by atoms with Gasteiger partial charge in [-0.15, -0.1) is 0 Å². The minimum absolute atomic E-state index is 0.317. The Morgan fingerprint density at radius 1 is 1.53 bits per heavy atom. The normalized spacial score (nSPS) is 14.1. The Kier molecular flexibility index (Phi) is 4.50. The summed E-state index contributed by atoms with van der Waals surface area (Å²) in [6.07, 6.45) is 2.68. The van der Waals surface area contributed by atoms with Crippen molar-refractivity contribution >= 4 is 8.07 Å². The van der Waals surface area contributed by atoms with E-state index in [1.54, 1.807) is 12.4 Å². The monoisotopic (exact) mass is 228 g/mol. The van der Waals surface area contributed by atoms with Crippen molar-refractivity contribution in [1.82, 2.24) is 9.97 Å². The van der Waals surface area contributed by atoms with Gasteiger partial charge in [-0.2, -0.15) is 0 Å². The number of aliphatic hydroxyl groups is 1. The first-order valence-electron chi connectivity index (χ1n) is 5.24. The van der Waals surface area contributed by atoms with E-state index < -0.39 is 14.2 Å². The molecule has 0 aliphatic heterocycles. The second-order valence-electron chi connectivity index (χ2n) is 4.88. The number of ether oxygens (including phenoxy) is 1. The molecular weight excluding hydrogens is 208 g/mol. The summed E-state index contributed by atoms with van der Waals surface area (Å²) in [5, 5.41) is 9.63. The molecule has 1 heterocycles. The zero-order valence-corrected chi connectivity index (χ0v) is 10.7. The van der Waals surface area contributed by atoms with E-state index in [1.165, 1.54) is 0 Å². The van der Waals surface area contributed by atoms with Crippen LogP contribution in [0.4, 0.5) is 0 Å². The van der Waals surface area contributed by atoms with Crippen LogP contribution in [0.15, 0.2) is 12.4 Å². The van der Waals surface area contributed by atoms with Gasteiger partial charge in [0.05, 0.1) is 6.61 Å². The highest BCUT2D eigenvalue weighted by molar-refractivity contribution is 6.76. The number of H-pyrrole nitrogens is 1. The van der Waals surface area contributed by atoms with E-state index >= 15 is 0 Å². The van der Waals surface area contributed by atoms with Gasteiger partial charge in [0.1, 0.15) is 11.9 Å². The Bertz CT molecular complexity index is 269. The third-order valence-electron chi connectivity index (χ3n) is 2.11. The number of aliphatic hydroxyl groups excluding tert-OH is 1. The molecule has 1 rings (SSSR count). The van der Waals surface area contributed by atoms with Crippen molar-refractivity contribution in [2.75, 3.05) is 13.2 Å². The van der Waals surface area contributed by atoms with E-state index in [0.717, 1.165) is 12.7 Å². The molecule has 0 saturated carbocycles. The molecule has 0 aliphatic rings. The number of nitrogens with zero attached hydrogens (tertiary/aromatic N) is 1. The van der Waals surface area contributed by atoms with Gasteiger partial charge in [0.15, 0.2) is 0 Å². The molecule has 0 saturated heterocycles. The van der Waals surface area contributed by atoms with Crippen molar-refractivity contribution in [3.05, 3.63) is 18.2 Å². The second kappa shape index (κ2) is 5.44. The number of aromatic nitrogens is 2. The number of nitrogens with one attached hydrogen (secondary N) is 1. The summed E-state index contributed by atoms with van der Waals surface area (Å²) in [7, 11) is -1.03. The van der Waals surface area contributed by atoms with Crippen LogP contribution in [0.1, 0.15) is 11.9 Å². The molecule has 0 fully saturated rings. The quantitative estimate of drug-likeness (QED) is 0.576. The SMILES string of the molecule is C[Si](C)(C)CCOCC(O)c1ncc[nH]1. The van der Waals surface area contributed by atoms with Gasteiger partial charge in [0.2, 0.25) is 0 Å². The molecule has 1 unspecified atom stereocenters. The summed E-state index contributed by atoms with van der Waals surface area (Å²) in [4.78, 5) is 6.83. The van der Waals surface area contributed by atoms with Crippen molar-refractivity contribution in [3.8, 4) is 0 Å². The molecule has 86 valence electrons. The fraction of sp³-hybridized carbons (Fsp3) is 0.700. The van der Waals surface area contributed by atoms with Crippen molar-refractivity contribution in [3.63, 3.8) is 0 Å². The van der Waals surface area contributed by atoms with Crippen LogP contribution in [-0.4, -0.2) is 36.4 Å². The number of aromatic amines is 1. The van der Waals surface area contributed by atoms with Crippen LogP contribution < -0.4 is 0 Å². The van der Waals surface area contributed by atoms with Crippen molar-refractivity contribution in [2.24, 2.45) is 0 Å². The van der Waals surface area contributed by atoms with Crippen LogP contribution in [0.2, 0.25) is 25.7 Å². The minimum atomic E-state index is -1.03. The van der Waals surface area contributed by atoms with Crippen LogP contribution in [0.25, 0.3) is 0 Å². The highest BCUT2D eigenvalue weighted by Crippen LogP contribution is 2.10. The largest absolute Gasteiger partial charge is 0.383 e. The highest BCUT2D eigenvalue weighted by Gasteiger charge is 2.14. The van der Waals surface area contributed by atoms with Crippen LogP contribution in [-0.2, 0) is 4.74 Å². The van der Waals surface area contributed by atoms with Gasteiger partial charge in [-0.1, -0.05) is 19.6 Å². The van der Waals surface area contributed by atoms with E-state index in [1.807, 2.05) is 0 Å². The maximum Gasteiger partial charge on any atom is 0.137 e. The van der Waals surface area contributed by atoms with E-state index in [9.17, 15) is 5.11 Å². The molecular formula is C10H20N2O2Si. The Labute approximate surface area is 91.7 Å². The van der Waals surface area contributed by atoms with E-state index in [2.05, 4.69) is 29.6 Å². The third-order valence-corrected chi connectivity index (χ3v) is 3.81. The molecule has 1 aromatic heterocycles. The lowest BCUT2D eigenvalue weighted by Gasteiger charge is -2.16. The molecule has 1 aromatic rings. The molecule has 1 atom stereocenters. The van der Waals surface area contributed by atoms with Gasteiger partial charge in [-0.05, 0) is 6.04 Å². The maximum absolute atomic E-state index is 9.63. The predicted octanol–water partition coefficient (Wildman–Crippen LogP) is 1.80. The fourth-order valence-corrected chi connectivity index (χ4v) is 1.87. The average molecular weight is 228 g/mol. The lowest BCUT2D eigenvalue weighted by molar-refractivity contribution is 0.0374. The molecule has 0 radical (unpaired) electrons. The second-order valence-corrected chi connectivity index (χ2v) is 10.5. The summed E-state index contributed by atoms with van der Waals surface area (Å²) in [6, 6.07) is 1.12. The lowest BCUT2D eigenvalue weighted by atomic mass is 10.4. The molecule has 15 heavy (non-hydrogen) atoms. The summed E-state index contributed by atoms with van der Waals surface area (Å²) in [5.74, 6) is 0.572. The minimum Gasteiger partial charge on any atom is -0.383 e. The Morgan fingerprint density at radius 2 is 2.27 bits per heavy atom. The summed E-state index contributed by atoms with van der Waals surface area (Å²) in [6.45, 7) is 7.96. The molecule has 2 N–H and O–H groups in total. The lowest BCUT2D eigenvalue weighted by Crippen LogP contribution is -2.22. The highest BCUT2D eigenvalue weighted by atomic mass is 28.3. The van der Waals surface area contributed by atoms with Gasteiger partial charge in [-0.25, -0.2) is 4.98 Å². The van der Waals surface area contributed by atoms with E-state index in [0.29, 0.717) is 12.4 Å². The Morgan fingerprint density at radius 3 is 2.80 bits per heavy atom. The molecule has 0 spiro atoms. The van der Waals surface area contributed by atoms with Crippen LogP contribution in [0.3, 0.4) is 0 Å². The average Bonchev–Trinajstić information content (AvgIpc) is 2.63. The molecule has 0 aromatic carbocycles. The third kappa shape index (κ3) is 5.11.